The van der Waals surface area contributed by atoms with Crippen LogP contribution in [0.1, 0.15) is 6.42 Å². The van der Waals surface area contributed by atoms with Crippen molar-refractivity contribution in [2.45, 2.75) is 18.3 Å². The molecule has 1 aliphatic rings. The molecule has 0 aromatic heterocycles. The fourth-order valence-corrected chi connectivity index (χ4v) is 1.24. The number of halogens is 5. The zero-order chi connectivity index (χ0) is 10.5. The summed E-state index contributed by atoms with van der Waals surface area (Å²) in [5.74, 6) is -11.5. The van der Waals surface area contributed by atoms with Crippen LogP contribution in [0.15, 0.2) is 0 Å². The van der Waals surface area contributed by atoms with E-state index in [-0.39, 0.29) is 0 Å². The summed E-state index contributed by atoms with van der Waals surface area (Å²) in [6, 6.07) is 0. The van der Waals surface area contributed by atoms with Crippen molar-refractivity contribution in [1.82, 2.24) is 0 Å². The minimum atomic E-state index is -4.80. The van der Waals surface area contributed by atoms with E-state index in [0.717, 1.165) is 0 Å². The fraction of sp³-hybridized carbons (Fsp3) is 0.833. The first-order valence-corrected chi connectivity index (χ1v) is 3.26. The second-order valence-electron chi connectivity index (χ2n) is 2.98. The number of aliphatic carboxylic acids is 1. The number of carboxylic acid groups (broad SMARTS) is 1. The Labute approximate surface area is 69.3 Å². The van der Waals surface area contributed by atoms with Gasteiger partial charge in [-0.3, -0.25) is 4.79 Å². The first-order valence-electron chi connectivity index (χ1n) is 3.26. The van der Waals surface area contributed by atoms with Crippen molar-refractivity contribution in [3.8, 4) is 0 Å². The van der Waals surface area contributed by atoms with Gasteiger partial charge in [-0.05, 0) is 0 Å². The summed E-state index contributed by atoms with van der Waals surface area (Å²) in [6.07, 6.45) is -1.65. The van der Waals surface area contributed by atoms with Crippen molar-refractivity contribution >= 4 is 5.97 Å². The van der Waals surface area contributed by atoms with Crippen molar-refractivity contribution in [3.05, 3.63) is 0 Å². The van der Waals surface area contributed by atoms with Gasteiger partial charge in [0.05, 0.1) is 0 Å². The van der Waals surface area contributed by atoms with Crippen LogP contribution < -0.4 is 0 Å². The first kappa shape index (κ1) is 10.2. The standard InChI is InChI=1S/C6H5F5O2/c7-2-4(3(12)13)1-5(8,9)6(4,10)11/h1-2H2,(H,12,13). The topological polar surface area (TPSA) is 37.3 Å². The maximum atomic E-state index is 12.5. The Kier molecular flexibility index (Phi) is 1.83. The summed E-state index contributed by atoms with van der Waals surface area (Å²) < 4.78 is 61.4. The SMILES string of the molecule is O=C(O)C1(CF)CC(F)(F)C1(F)F. The van der Waals surface area contributed by atoms with Crippen LogP contribution in [-0.4, -0.2) is 29.6 Å². The molecular weight excluding hydrogens is 199 g/mol. The Balaban J connectivity index is 3.04. The number of alkyl halides is 5. The molecule has 1 rings (SSSR count). The Bertz CT molecular complexity index is 251. The molecule has 0 saturated heterocycles. The molecule has 7 heteroatoms. The van der Waals surface area contributed by atoms with Gasteiger partial charge >= 0.3 is 17.8 Å². The first-order chi connectivity index (χ1) is 5.71. The van der Waals surface area contributed by atoms with Crippen molar-refractivity contribution in [2.24, 2.45) is 5.41 Å². The second-order valence-corrected chi connectivity index (χ2v) is 2.98. The van der Waals surface area contributed by atoms with Crippen molar-refractivity contribution < 1.29 is 31.9 Å². The zero-order valence-electron chi connectivity index (χ0n) is 6.16. The minimum absolute atomic E-state index is 1.65. The third kappa shape index (κ3) is 0.896. The largest absolute Gasteiger partial charge is 0.481 e. The Morgan fingerprint density at radius 3 is 1.85 bits per heavy atom. The Morgan fingerprint density at radius 2 is 1.77 bits per heavy atom. The van der Waals surface area contributed by atoms with Crippen LogP contribution in [0.2, 0.25) is 0 Å². The van der Waals surface area contributed by atoms with E-state index in [4.69, 9.17) is 5.11 Å². The fourth-order valence-electron chi connectivity index (χ4n) is 1.24. The molecule has 1 unspecified atom stereocenters. The zero-order valence-corrected chi connectivity index (χ0v) is 6.16. The number of hydrogen-bond acceptors (Lipinski definition) is 1. The maximum Gasteiger partial charge on any atom is 0.328 e. The third-order valence-electron chi connectivity index (χ3n) is 2.22. The van der Waals surface area contributed by atoms with Crippen molar-refractivity contribution in [2.75, 3.05) is 6.67 Å². The number of rotatable bonds is 2. The van der Waals surface area contributed by atoms with Crippen molar-refractivity contribution in [1.29, 1.82) is 0 Å². The molecule has 0 bridgehead atoms. The van der Waals surface area contributed by atoms with Gasteiger partial charge in [-0.15, -0.1) is 0 Å². The van der Waals surface area contributed by atoms with E-state index in [0.29, 0.717) is 0 Å². The van der Waals surface area contributed by atoms with E-state index in [1.807, 2.05) is 0 Å². The minimum Gasteiger partial charge on any atom is -0.481 e. The quantitative estimate of drug-likeness (QED) is 0.695. The van der Waals surface area contributed by atoms with Crippen LogP contribution in [0.4, 0.5) is 22.0 Å². The van der Waals surface area contributed by atoms with E-state index < -0.39 is 36.3 Å². The molecule has 1 N–H and O–H groups in total. The van der Waals surface area contributed by atoms with Crippen LogP contribution in [0.3, 0.4) is 0 Å². The molecule has 0 aliphatic heterocycles. The van der Waals surface area contributed by atoms with Crippen LogP contribution in [0, 0.1) is 5.41 Å². The van der Waals surface area contributed by atoms with Gasteiger partial charge in [0.25, 0.3) is 0 Å². The number of carbonyl (C=O) groups is 1. The lowest BCUT2D eigenvalue weighted by Gasteiger charge is -2.49. The summed E-state index contributed by atoms with van der Waals surface area (Å²) in [6.45, 7) is -2.00. The van der Waals surface area contributed by atoms with Gasteiger partial charge in [-0.25, -0.2) is 4.39 Å². The van der Waals surface area contributed by atoms with Crippen LogP contribution in [0.25, 0.3) is 0 Å². The maximum absolute atomic E-state index is 12.5. The summed E-state index contributed by atoms with van der Waals surface area (Å²) >= 11 is 0. The lowest BCUT2D eigenvalue weighted by molar-refractivity contribution is -0.351. The Hall–Kier alpha value is -0.880. The second kappa shape index (κ2) is 2.33. The monoisotopic (exact) mass is 204 g/mol. The number of carboxylic acids is 1. The summed E-state index contributed by atoms with van der Waals surface area (Å²) in [4.78, 5) is 10.2. The molecule has 1 saturated carbocycles. The average Bonchev–Trinajstić information content (AvgIpc) is 1.98. The lowest BCUT2D eigenvalue weighted by atomic mass is 9.63. The molecule has 13 heavy (non-hydrogen) atoms. The van der Waals surface area contributed by atoms with Gasteiger partial charge in [0.2, 0.25) is 0 Å². The van der Waals surface area contributed by atoms with Crippen LogP contribution in [0.5, 0.6) is 0 Å². The van der Waals surface area contributed by atoms with E-state index in [1.54, 1.807) is 0 Å². The molecule has 0 aromatic rings. The van der Waals surface area contributed by atoms with Gasteiger partial charge in [0.15, 0.2) is 5.41 Å². The van der Waals surface area contributed by atoms with E-state index in [9.17, 15) is 26.7 Å². The van der Waals surface area contributed by atoms with Gasteiger partial charge in [0, 0.05) is 6.42 Å². The molecule has 1 atom stereocenters. The molecule has 76 valence electrons. The smallest absolute Gasteiger partial charge is 0.328 e. The van der Waals surface area contributed by atoms with E-state index in [2.05, 4.69) is 0 Å². The normalized spacial score (nSPS) is 35.2. The molecule has 0 heterocycles. The van der Waals surface area contributed by atoms with Gasteiger partial charge in [0.1, 0.15) is 6.67 Å². The molecule has 2 nitrogen and oxygen atoms in total. The average molecular weight is 204 g/mol. The molecule has 0 amide bonds. The third-order valence-corrected chi connectivity index (χ3v) is 2.22. The van der Waals surface area contributed by atoms with Gasteiger partial charge < -0.3 is 5.11 Å². The highest BCUT2D eigenvalue weighted by molar-refractivity contribution is 5.78. The predicted octanol–water partition coefficient (Wildman–Crippen LogP) is 1.70. The van der Waals surface area contributed by atoms with Gasteiger partial charge in [-0.1, -0.05) is 0 Å². The highest BCUT2D eigenvalue weighted by atomic mass is 19.3. The van der Waals surface area contributed by atoms with Gasteiger partial charge in [-0.2, -0.15) is 17.6 Å². The summed E-state index contributed by atoms with van der Waals surface area (Å²) in [5, 5.41) is 8.20. The van der Waals surface area contributed by atoms with Crippen LogP contribution >= 0.6 is 0 Å². The molecule has 0 spiro atoms. The molecule has 1 fully saturated rings. The molecular formula is C6H5F5O2. The number of hydrogen-bond donors (Lipinski definition) is 1. The molecule has 0 radical (unpaired) electrons. The molecule has 0 aromatic carbocycles. The highest BCUT2D eigenvalue weighted by Gasteiger charge is 2.84. The summed E-state index contributed by atoms with van der Waals surface area (Å²) in [5.41, 5.74) is -3.24. The summed E-state index contributed by atoms with van der Waals surface area (Å²) in [7, 11) is 0. The molecule has 1 aliphatic carbocycles. The van der Waals surface area contributed by atoms with Crippen molar-refractivity contribution in [3.63, 3.8) is 0 Å². The Morgan fingerprint density at radius 1 is 1.31 bits per heavy atom. The van der Waals surface area contributed by atoms with Crippen LogP contribution in [-0.2, 0) is 4.79 Å². The lowest BCUT2D eigenvalue weighted by Crippen LogP contribution is -2.70. The van der Waals surface area contributed by atoms with E-state index in [1.165, 1.54) is 0 Å². The highest BCUT2D eigenvalue weighted by Crippen LogP contribution is 2.63. The predicted molar refractivity (Wildman–Crippen MR) is 30.6 cm³/mol. The van der Waals surface area contributed by atoms with E-state index >= 15 is 0 Å².